The van der Waals surface area contributed by atoms with Gasteiger partial charge in [0.05, 0.1) is 25.5 Å². The van der Waals surface area contributed by atoms with E-state index in [1.807, 2.05) is 38.1 Å². The first-order valence-corrected chi connectivity index (χ1v) is 10.2. The van der Waals surface area contributed by atoms with Gasteiger partial charge >= 0.3 is 6.18 Å². The van der Waals surface area contributed by atoms with Gasteiger partial charge in [-0.2, -0.15) is 22.8 Å². The topological polar surface area (TPSA) is 60.7 Å². The summed E-state index contributed by atoms with van der Waals surface area (Å²) >= 11 is 0. The van der Waals surface area contributed by atoms with Crippen molar-refractivity contribution in [2.24, 2.45) is 0 Å². The lowest BCUT2D eigenvalue weighted by Gasteiger charge is -2.12. The van der Waals surface area contributed by atoms with Gasteiger partial charge in [0.2, 0.25) is 0 Å². The van der Waals surface area contributed by atoms with E-state index < -0.39 is 11.7 Å². The minimum absolute atomic E-state index is 0.335. The van der Waals surface area contributed by atoms with Crippen LogP contribution in [0, 0.1) is 13.8 Å². The van der Waals surface area contributed by atoms with E-state index in [0.717, 1.165) is 40.2 Å². The molecule has 0 bridgehead atoms. The zero-order valence-electron chi connectivity index (χ0n) is 18.6. The number of anilines is 1. The Morgan fingerprint density at radius 1 is 0.939 bits per heavy atom. The van der Waals surface area contributed by atoms with Gasteiger partial charge in [-0.25, -0.2) is 4.98 Å². The van der Waals surface area contributed by atoms with Crippen molar-refractivity contribution < 1.29 is 22.6 Å². The molecule has 2 heterocycles. The van der Waals surface area contributed by atoms with Crippen LogP contribution >= 0.6 is 0 Å². The normalized spacial score (nSPS) is 11.6. The zero-order chi connectivity index (χ0) is 23.8. The van der Waals surface area contributed by atoms with Gasteiger partial charge in [0.15, 0.2) is 17.1 Å². The lowest BCUT2D eigenvalue weighted by Crippen LogP contribution is -2.08. The van der Waals surface area contributed by atoms with Gasteiger partial charge in [-0.1, -0.05) is 18.2 Å². The maximum absolute atomic E-state index is 12.8. The lowest BCUT2D eigenvalue weighted by atomic mass is 10.1. The number of rotatable bonds is 6. The molecule has 0 spiro atoms. The van der Waals surface area contributed by atoms with Crippen molar-refractivity contribution in [2.45, 2.75) is 26.6 Å². The second-order valence-corrected chi connectivity index (χ2v) is 7.60. The molecule has 4 rings (SSSR count). The molecule has 0 atom stereocenters. The molecular formula is C24H23F3N4O2. The number of hydrogen-bond acceptors (Lipinski definition) is 5. The summed E-state index contributed by atoms with van der Waals surface area (Å²) in [5, 5.41) is 7.93. The van der Waals surface area contributed by atoms with Crippen LogP contribution in [0.2, 0.25) is 0 Å². The van der Waals surface area contributed by atoms with Crippen LogP contribution in [0.15, 0.2) is 48.5 Å². The van der Waals surface area contributed by atoms with Gasteiger partial charge in [0.25, 0.3) is 0 Å². The van der Waals surface area contributed by atoms with Gasteiger partial charge in [0.1, 0.15) is 5.82 Å². The standard InChI is InChI=1S/C24H23F3N4O2/c1-14-11-21(28-13-16-5-8-18(9-6-16)24(25,26)27)31-23(29-14)22(15(2)30-31)17-7-10-19(32-3)20(12-17)33-4/h5-12,28H,13H2,1-4H3. The summed E-state index contributed by atoms with van der Waals surface area (Å²) in [6.45, 7) is 4.11. The Hall–Kier alpha value is -3.75. The SMILES string of the molecule is COc1ccc(-c2c(C)nn3c(NCc4ccc(C(F)(F)F)cc4)cc(C)nc23)cc1OC. The van der Waals surface area contributed by atoms with Gasteiger partial charge in [-0.15, -0.1) is 0 Å². The van der Waals surface area contributed by atoms with Crippen LogP contribution in [0.5, 0.6) is 11.5 Å². The summed E-state index contributed by atoms with van der Waals surface area (Å²) in [7, 11) is 3.16. The third-order valence-electron chi connectivity index (χ3n) is 5.32. The highest BCUT2D eigenvalue weighted by Crippen LogP contribution is 2.36. The number of nitrogens with one attached hydrogen (secondary N) is 1. The van der Waals surface area contributed by atoms with Crippen LogP contribution < -0.4 is 14.8 Å². The number of methoxy groups -OCH3 is 2. The molecule has 33 heavy (non-hydrogen) atoms. The van der Waals surface area contributed by atoms with E-state index in [1.165, 1.54) is 12.1 Å². The molecule has 2 aromatic heterocycles. The van der Waals surface area contributed by atoms with Crippen LogP contribution in [0.25, 0.3) is 16.8 Å². The van der Waals surface area contributed by atoms with Crippen LogP contribution in [-0.2, 0) is 12.7 Å². The molecule has 9 heteroatoms. The van der Waals surface area contributed by atoms with E-state index in [2.05, 4.69) is 15.4 Å². The molecule has 0 fully saturated rings. The van der Waals surface area contributed by atoms with E-state index in [1.54, 1.807) is 18.7 Å². The smallest absolute Gasteiger partial charge is 0.416 e. The number of benzene rings is 2. The van der Waals surface area contributed by atoms with Crippen molar-refractivity contribution in [3.8, 4) is 22.6 Å². The average Bonchev–Trinajstić information content (AvgIpc) is 3.12. The average molecular weight is 456 g/mol. The van der Waals surface area contributed by atoms with Crippen molar-refractivity contribution >= 4 is 11.5 Å². The summed E-state index contributed by atoms with van der Waals surface area (Å²) in [6.07, 6.45) is -4.35. The maximum Gasteiger partial charge on any atom is 0.416 e. The number of alkyl halides is 3. The van der Waals surface area contributed by atoms with Crippen molar-refractivity contribution in [3.05, 3.63) is 71.0 Å². The Balaban J connectivity index is 1.69. The minimum Gasteiger partial charge on any atom is -0.493 e. The Morgan fingerprint density at radius 2 is 1.64 bits per heavy atom. The summed E-state index contributed by atoms with van der Waals surface area (Å²) in [5.41, 5.74) is 4.00. The minimum atomic E-state index is -4.35. The molecule has 0 aliphatic carbocycles. The van der Waals surface area contributed by atoms with E-state index in [9.17, 15) is 13.2 Å². The van der Waals surface area contributed by atoms with Crippen LogP contribution in [0.3, 0.4) is 0 Å². The van der Waals surface area contributed by atoms with E-state index in [4.69, 9.17) is 9.47 Å². The number of halogens is 3. The fraction of sp³-hybridized carbons (Fsp3) is 0.250. The molecule has 0 unspecified atom stereocenters. The van der Waals surface area contributed by atoms with Gasteiger partial charge in [-0.05, 0) is 49.2 Å². The van der Waals surface area contributed by atoms with Gasteiger partial charge in [-0.3, -0.25) is 0 Å². The number of nitrogens with zero attached hydrogens (tertiary/aromatic N) is 3. The Kier molecular flexibility index (Phi) is 5.88. The molecule has 0 aliphatic rings. The molecule has 0 saturated heterocycles. The largest absolute Gasteiger partial charge is 0.493 e. The maximum atomic E-state index is 12.8. The lowest BCUT2D eigenvalue weighted by molar-refractivity contribution is -0.137. The number of hydrogen-bond donors (Lipinski definition) is 1. The number of aromatic nitrogens is 3. The van der Waals surface area contributed by atoms with Crippen molar-refractivity contribution in [3.63, 3.8) is 0 Å². The quantitative estimate of drug-likeness (QED) is 0.406. The van der Waals surface area contributed by atoms with Crippen LogP contribution in [0.1, 0.15) is 22.5 Å². The van der Waals surface area contributed by atoms with Gasteiger partial charge < -0.3 is 14.8 Å². The Morgan fingerprint density at radius 3 is 2.27 bits per heavy atom. The van der Waals surface area contributed by atoms with Crippen molar-refractivity contribution in [1.29, 1.82) is 0 Å². The predicted octanol–water partition coefficient (Wildman–Crippen LogP) is 5.66. The van der Waals surface area contributed by atoms with E-state index >= 15 is 0 Å². The Bertz CT molecular complexity index is 1300. The van der Waals surface area contributed by atoms with Crippen LogP contribution in [0.4, 0.5) is 19.0 Å². The first-order valence-electron chi connectivity index (χ1n) is 10.2. The highest BCUT2D eigenvalue weighted by Gasteiger charge is 2.29. The second kappa shape index (κ2) is 8.65. The van der Waals surface area contributed by atoms with Crippen LogP contribution in [-0.4, -0.2) is 28.8 Å². The number of ether oxygens (including phenoxy) is 2. The molecule has 0 saturated carbocycles. The number of aryl methyl sites for hydroxylation is 2. The molecule has 0 aliphatic heterocycles. The molecular weight excluding hydrogens is 433 g/mol. The summed E-state index contributed by atoms with van der Waals surface area (Å²) in [4.78, 5) is 4.69. The van der Waals surface area contributed by atoms with Gasteiger partial charge in [0, 0.05) is 23.9 Å². The van der Waals surface area contributed by atoms with E-state index in [0.29, 0.717) is 29.5 Å². The fourth-order valence-corrected chi connectivity index (χ4v) is 3.70. The molecule has 6 nitrogen and oxygen atoms in total. The first-order chi connectivity index (χ1) is 15.7. The van der Waals surface area contributed by atoms with Crippen molar-refractivity contribution in [1.82, 2.24) is 14.6 Å². The zero-order valence-corrected chi connectivity index (χ0v) is 18.6. The highest BCUT2D eigenvalue weighted by molar-refractivity contribution is 5.82. The summed E-state index contributed by atoms with van der Waals surface area (Å²) in [5.74, 6) is 1.91. The third-order valence-corrected chi connectivity index (χ3v) is 5.32. The Labute approximate surface area is 189 Å². The molecule has 0 amide bonds. The first kappa shape index (κ1) is 22.4. The fourth-order valence-electron chi connectivity index (χ4n) is 3.70. The molecule has 2 aromatic carbocycles. The van der Waals surface area contributed by atoms with E-state index in [-0.39, 0.29) is 0 Å². The number of fused-ring (bicyclic) bond motifs is 1. The highest BCUT2D eigenvalue weighted by atomic mass is 19.4. The molecule has 1 N–H and O–H groups in total. The predicted molar refractivity (Wildman–Crippen MR) is 120 cm³/mol. The molecule has 172 valence electrons. The summed E-state index contributed by atoms with van der Waals surface area (Å²) in [6, 6.07) is 12.6. The monoisotopic (exact) mass is 456 g/mol. The second-order valence-electron chi connectivity index (χ2n) is 7.60. The third kappa shape index (κ3) is 4.44. The summed E-state index contributed by atoms with van der Waals surface area (Å²) < 4.78 is 50.9. The molecule has 0 radical (unpaired) electrons. The van der Waals surface area contributed by atoms with Crippen molar-refractivity contribution in [2.75, 3.05) is 19.5 Å². The molecule has 4 aromatic rings.